The third kappa shape index (κ3) is 4.34. The first-order valence-electron chi connectivity index (χ1n) is 9.08. The number of nitrogens with zero attached hydrogens (tertiary/aromatic N) is 1. The smallest absolute Gasteiger partial charge is 0.254 e. The quantitative estimate of drug-likeness (QED) is 0.847. The topological polar surface area (TPSA) is 60.0 Å². The molecule has 1 amide bonds. The molecule has 0 unspecified atom stereocenters. The molecular formula is C21H26N2O4. The second-order valence-corrected chi connectivity index (χ2v) is 6.54. The number of carbonyl (C=O) groups is 1. The van der Waals surface area contributed by atoms with Gasteiger partial charge < -0.3 is 24.4 Å². The average Bonchev–Trinajstić information content (AvgIpc) is 2.72. The van der Waals surface area contributed by atoms with Crippen LogP contribution in [0.15, 0.2) is 42.5 Å². The number of amides is 1. The average molecular weight is 370 g/mol. The zero-order valence-corrected chi connectivity index (χ0v) is 16.0. The van der Waals surface area contributed by atoms with Crippen LogP contribution >= 0.6 is 0 Å². The molecule has 0 aromatic heterocycles. The Morgan fingerprint density at radius 2 is 1.81 bits per heavy atom. The third-order valence-electron chi connectivity index (χ3n) is 4.70. The number of benzene rings is 2. The van der Waals surface area contributed by atoms with Gasteiger partial charge in [0, 0.05) is 31.2 Å². The molecule has 1 heterocycles. The van der Waals surface area contributed by atoms with Gasteiger partial charge in [0.05, 0.1) is 14.2 Å². The van der Waals surface area contributed by atoms with Crippen molar-refractivity contribution < 1.29 is 19.0 Å². The van der Waals surface area contributed by atoms with Crippen molar-refractivity contribution in [3.63, 3.8) is 0 Å². The summed E-state index contributed by atoms with van der Waals surface area (Å²) in [4.78, 5) is 14.9. The fourth-order valence-corrected chi connectivity index (χ4v) is 3.18. The molecule has 2 aromatic rings. The Morgan fingerprint density at radius 1 is 1.15 bits per heavy atom. The Kier molecular flexibility index (Phi) is 6.19. The van der Waals surface area contributed by atoms with Crippen molar-refractivity contribution in [3.05, 3.63) is 53.6 Å². The van der Waals surface area contributed by atoms with Gasteiger partial charge in [0.25, 0.3) is 5.91 Å². The van der Waals surface area contributed by atoms with Gasteiger partial charge >= 0.3 is 0 Å². The van der Waals surface area contributed by atoms with E-state index in [0.717, 1.165) is 18.7 Å². The first-order valence-corrected chi connectivity index (χ1v) is 9.08. The minimum Gasteiger partial charge on any atom is -0.493 e. The van der Waals surface area contributed by atoms with E-state index in [9.17, 15) is 4.79 Å². The lowest BCUT2D eigenvalue weighted by atomic mass is 10.1. The zero-order valence-electron chi connectivity index (χ0n) is 16.0. The van der Waals surface area contributed by atoms with Crippen molar-refractivity contribution in [2.45, 2.75) is 19.6 Å². The van der Waals surface area contributed by atoms with Crippen molar-refractivity contribution in [1.29, 1.82) is 0 Å². The molecular weight excluding hydrogens is 344 g/mol. The van der Waals surface area contributed by atoms with Crippen LogP contribution in [0.3, 0.4) is 0 Å². The molecule has 1 saturated heterocycles. The number of carbonyl (C=O) groups excluding carboxylic acids is 1. The van der Waals surface area contributed by atoms with E-state index in [1.807, 2.05) is 42.2 Å². The molecule has 0 saturated carbocycles. The third-order valence-corrected chi connectivity index (χ3v) is 4.70. The summed E-state index contributed by atoms with van der Waals surface area (Å²) in [6, 6.07) is 13.4. The van der Waals surface area contributed by atoms with Crippen molar-refractivity contribution in [1.82, 2.24) is 10.2 Å². The van der Waals surface area contributed by atoms with Gasteiger partial charge in [-0.2, -0.15) is 0 Å². The van der Waals surface area contributed by atoms with Crippen LogP contribution < -0.4 is 19.5 Å². The standard InChI is InChI=1S/C21H26N2O4/c1-15-13-22-9-10-23(15)21(24)17-11-18(25-2)20(19(12-17)26-3)27-14-16-7-5-4-6-8-16/h4-8,11-12,15,22H,9-10,13-14H2,1-3H3/t15-/m1/s1. The van der Waals surface area contributed by atoms with E-state index in [1.165, 1.54) is 0 Å². The highest BCUT2D eigenvalue weighted by atomic mass is 16.5. The normalized spacial score (nSPS) is 16.7. The molecule has 6 heteroatoms. The van der Waals surface area contributed by atoms with Gasteiger partial charge in [0.2, 0.25) is 5.75 Å². The number of hydrogen-bond donors (Lipinski definition) is 1. The van der Waals surface area contributed by atoms with E-state index in [-0.39, 0.29) is 11.9 Å². The highest BCUT2D eigenvalue weighted by Crippen LogP contribution is 2.39. The van der Waals surface area contributed by atoms with Crippen molar-refractivity contribution >= 4 is 5.91 Å². The molecule has 3 rings (SSSR count). The van der Waals surface area contributed by atoms with Crippen LogP contribution in [0.2, 0.25) is 0 Å². The lowest BCUT2D eigenvalue weighted by Gasteiger charge is -2.34. The van der Waals surface area contributed by atoms with E-state index in [2.05, 4.69) is 5.32 Å². The summed E-state index contributed by atoms with van der Waals surface area (Å²) in [6.45, 7) is 4.68. The number of methoxy groups -OCH3 is 2. The van der Waals surface area contributed by atoms with Gasteiger partial charge in [0.1, 0.15) is 6.61 Å². The maximum absolute atomic E-state index is 13.0. The van der Waals surface area contributed by atoms with Crippen LogP contribution in [0.5, 0.6) is 17.2 Å². The highest BCUT2D eigenvalue weighted by Gasteiger charge is 2.26. The van der Waals surface area contributed by atoms with Crippen LogP contribution in [-0.2, 0) is 6.61 Å². The number of piperazine rings is 1. The summed E-state index contributed by atoms with van der Waals surface area (Å²) in [5.74, 6) is 1.43. The molecule has 27 heavy (non-hydrogen) atoms. The fourth-order valence-electron chi connectivity index (χ4n) is 3.18. The molecule has 1 aliphatic rings. The first-order chi connectivity index (χ1) is 13.1. The van der Waals surface area contributed by atoms with Crippen LogP contribution in [0.1, 0.15) is 22.8 Å². The largest absolute Gasteiger partial charge is 0.493 e. The summed E-state index contributed by atoms with van der Waals surface area (Å²) in [5, 5.41) is 3.29. The number of nitrogens with one attached hydrogen (secondary N) is 1. The predicted molar refractivity (Wildman–Crippen MR) is 104 cm³/mol. The van der Waals surface area contributed by atoms with Crippen molar-refractivity contribution in [3.8, 4) is 17.2 Å². The van der Waals surface area contributed by atoms with Crippen molar-refractivity contribution in [2.24, 2.45) is 0 Å². The summed E-state index contributed by atoms with van der Waals surface area (Å²) < 4.78 is 16.9. The van der Waals surface area contributed by atoms with Crippen LogP contribution in [0, 0.1) is 0 Å². The van der Waals surface area contributed by atoms with Gasteiger partial charge in [0.15, 0.2) is 11.5 Å². The predicted octanol–water partition coefficient (Wildman–Crippen LogP) is 2.72. The molecule has 6 nitrogen and oxygen atoms in total. The summed E-state index contributed by atoms with van der Waals surface area (Å²) >= 11 is 0. The molecule has 1 N–H and O–H groups in total. The molecule has 1 atom stereocenters. The molecule has 0 aliphatic carbocycles. The van der Waals surface area contributed by atoms with Crippen molar-refractivity contribution in [2.75, 3.05) is 33.9 Å². The van der Waals surface area contributed by atoms with Crippen LogP contribution in [0.25, 0.3) is 0 Å². The van der Waals surface area contributed by atoms with E-state index >= 15 is 0 Å². The van der Waals surface area contributed by atoms with Gasteiger partial charge in [-0.15, -0.1) is 0 Å². The Hall–Kier alpha value is -2.73. The molecule has 2 aromatic carbocycles. The maximum Gasteiger partial charge on any atom is 0.254 e. The summed E-state index contributed by atoms with van der Waals surface area (Å²) in [7, 11) is 3.12. The van der Waals surface area contributed by atoms with Gasteiger partial charge in [-0.3, -0.25) is 4.79 Å². The Balaban J connectivity index is 1.86. The number of ether oxygens (including phenoxy) is 3. The monoisotopic (exact) mass is 370 g/mol. The second-order valence-electron chi connectivity index (χ2n) is 6.54. The highest BCUT2D eigenvalue weighted by molar-refractivity contribution is 5.96. The Morgan fingerprint density at radius 3 is 2.41 bits per heavy atom. The zero-order chi connectivity index (χ0) is 19.2. The fraction of sp³-hybridized carbons (Fsp3) is 0.381. The molecule has 0 radical (unpaired) electrons. The van der Waals surface area contributed by atoms with E-state index in [4.69, 9.17) is 14.2 Å². The maximum atomic E-state index is 13.0. The van der Waals surface area contributed by atoms with E-state index in [1.54, 1.807) is 26.4 Å². The van der Waals surface area contributed by atoms with Gasteiger partial charge in [-0.25, -0.2) is 0 Å². The minimum atomic E-state index is -0.0322. The number of hydrogen-bond acceptors (Lipinski definition) is 5. The number of rotatable bonds is 6. The van der Waals surface area contributed by atoms with Crippen LogP contribution in [0.4, 0.5) is 0 Å². The molecule has 0 bridgehead atoms. The van der Waals surface area contributed by atoms with E-state index in [0.29, 0.717) is 36.0 Å². The van der Waals surface area contributed by atoms with Gasteiger partial charge in [-0.1, -0.05) is 30.3 Å². The molecule has 0 spiro atoms. The SMILES string of the molecule is COc1cc(C(=O)N2CCNC[C@H]2C)cc(OC)c1OCc1ccccc1. The van der Waals surface area contributed by atoms with E-state index < -0.39 is 0 Å². The molecule has 1 aliphatic heterocycles. The lowest BCUT2D eigenvalue weighted by Crippen LogP contribution is -2.52. The minimum absolute atomic E-state index is 0.0322. The Labute approximate surface area is 160 Å². The molecule has 144 valence electrons. The Bertz CT molecular complexity index is 754. The second kappa shape index (κ2) is 8.77. The van der Waals surface area contributed by atoms with Crippen LogP contribution in [-0.4, -0.2) is 50.7 Å². The lowest BCUT2D eigenvalue weighted by molar-refractivity contribution is 0.0655. The van der Waals surface area contributed by atoms with Gasteiger partial charge in [-0.05, 0) is 24.6 Å². The molecule has 1 fully saturated rings. The summed E-state index contributed by atoms with van der Waals surface area (Å²) in [5.41, 5.74) is 1.57. The first kappa shape index (κ1) is 19.0. The summed E-state index contributed by atoms with van der Waals surface area (Å²) in [6.07, 6.45) is 0.